The number of carbonyl (C=O) groups is 1. The number of nitrogens with one attached hydrogen (secondary N) is 1. The van der Waals surface area contributed by atoms with Gasteiger partial charge >= 0.3 is 0 Å². The number of hydrogen-bond acceptors (Lipinski definition) is 3. The Morgan fingerprint density at radius 1 is 1.26 bits per heavy atom. The van der Waals surface area contributed by atoms with Gasteiger partial charge < -0.3 is 5.32 Å². The third-order valence-corrected chi connectivity index (χ3v) is 4.78. The summed E-state index contributed by atoms with van der Waals surface area (Å²) in [6.45, 7) is 2.01. The van der Waals surface area contributed by atoms with Crippen LogP contribution >= 0.6 is 23.1 Å². The van der Waals surface area contributed by atoms with Crippen LogP contribution in [0.1, 0.15) is 23.4 Å². The molecule has 1 N–H and O–H groups in total. The fourth-order valence-electron chi connectivity index (χ4n) is 1.75. The van der Waals surface area contributed by atoms with Crippen LogP contribution in [0.2, 0.25) is 0 Å². The van der Waals surface area contributed by atoms with Gasteiger partial charge in [-0.1, -0.05) is 36.4 Å². The molecular formula is C15H17NOS2. The van der Waals surface area contributed by atoms with E-state index in [0.717, 1.165) is 11.3 Å². The molecule has 2 nitrogen and oxygen atoms in total. The van der Waals surface area contributed by atoms with Crippen LogP contribution in [0.4, 0.5) is 0 Å². The normalized spacial score (nSPS) is 12.1. The number of thioether (sulfide) groups is 1. The lowest BCUT2D eigenvalue weighted by atomic mass is 10.1. The van der Waals surface area contributed by atoms with Crippen molar-refractivity contribution < 1.29 is 4.79 Å². The summed E-state index contributed by atoms with van der Waals surface area (Å²) in [6, 6.07) is 14.2. The van der Waals surface area contributed by atoms with Crippen molar-refractivity contribution in [3.63, 3.8) is 0 Å². The van der Waals surface area contributed by atoms with Crippen molar-refractivity contribution in [1.82, 2.24) is 5.32 Å². The molecule has 2 rings (SSSR count). The van der Waals surface area contributed by atoms with Crippen molar-refractivity contribution in [1.29, 1.82) is 0 Å². The lowest BCUT2D eigenvalue weighted by molar-refractivity contribution is -0.119. The van der Waals surface area contributed by atoms with E-state index in [0.29, 0.717) is 5.75 Å². The van der Waals surface area contributed by atoms with Crippen molar-refractivity contribution in [3.05, 3.63) is 58.3 Å². The summed E-state index contributed by atoms with van der Waals surface area (Å²) < 4.78 is 0. The molecule has 1 aromatic heterocycles. The molecule has 0 spiro atoms. The van der Waals surface area contributed by atoms with E-state index in [-0.39, 0.29) is 11.9 Å². The standard InChI is InChI=1S/C15H17NOS2/c1-12(13-6-3-2-4-7-13)16-15(17)11-18-10-14-8-5-9-19-14/h2-9,12H,10-11H2,1H3,(H,16,17)/t12-/m1/s1. The molecule has 19 heavy (non-hydrogen) atoms. The molecule has 1 heterocycles. The average Bonchev–Trinajstić information content (AvgIpc) is 2.93. The zero-order valence-electron chi connectivity index (χ0n) is 10.8. The number of rotatable bonds is 6. The Balaban J connectivity index is 1.72. The zero-order chi connectivity index (χ0) is 13.5. The summed E-state index contributed by atoms with van der Waals surface area (Å²) in [6.07, 6.45) is 0. The first kappa shape index (κ1) is 14.2. The van der Waals surface area contributed by atoms with Crippen molar-refractivity contribution in [3.8, 4) is 0 Å². The van der Waals surface area contributed by atoms with Crippen LogP contribution in [-0.2, 0) is 10.5 Å². The van der Waals surface area contributed by atoms with Crippen LogP contribution in [0.25, 0.3) is 0 Å². The molecule has 1 atom stereocenters. The van der Waals surface area contributed by atoms with E-state index in [9.17, 15) is 4.79 Å². The minimum absolute atomic E-state index is 0.0658. The Morgan fingerprint density at radius 3 is 2.74 bits per heavy atom. The summed E-state index contributed by atoms with van der Waals surface area (Å²) in [5.74, 6) is 1.51. The van der Waals surface area contributed by atoms with Gasteiger partial charge in [0.1, 0.15) is 0 Å². The van der Waals surface area contributed by atoms with Crippen molar-refractivity contribution in [2.75, 3.05) is 5.75 Å². The fourth-order valence-corrected chi connectivity index (χ4v) is 3.43. The second kappa shape index (κ2) is 7.36. The molecule has 4 heteroatoms. The molecule has 0 bridgehead atoms. The molecule has 0 saturated heterocycles. The summed E-state index contributed by atoms with van der Waals surface area (Å²) in [5.41, 5.74) is 1.14. The lowest BCUT2D eigenvalue weighted by Gasteiger charge is -2.13. The van der Waals surface area contributed by atoms with Gasteiger partial charge in [-0.05, 0) is 23.9 Å². The van der Waals surface area contributed by atoms with E-state index in [2.05, 4.69) is 16.8 Å². The van der Waals surface area contributed by atoms with Crippen molar-refractivity contribution >= 4 is 29.0 Å². The minimum Gasteiger partial charge on any atom is -0.349 e. The highest BCUT2D eigenvalue weighted by Gasteiger charge is 2.09. The predicted molar refractivity (Wildman–Crippen MR) is 83.5 cm³/mol. The summed E-state index contributed by atoms with van der Waals surface area (Å²) in [7, 11) is 0. The molecule has 0 radical (unpaired) electrons. The van der Waals surface area contributed by atoms with E-state index in [1.165, 1.54) is 4.88 Å². The molecule has 0 aliphatic carbocycles. The van der Waals surface area contributed by atoms with Crippen LogP contribution in [-0.4, -0.2) is 11.7 Å². The number of thiophene rings is 1. The Hall–Kier alpha value is -1.26. The minimum atomic E-state index is 0.0658. The zero-order valence-corrected chi connectivity index (χ0v) is 12.5. The molecule has 0 saturated carbocycles. The maximum Gasteiger partial charge on any atom is 0.230 e. The maximum atomic E-state index is 11.8. The number of hydrogen-bond donors (Lipinski definition) is 1. The molecule has 0 fully saturated rings. The van der Waals surface area contributed by atoms with Crippen LogP contribution in [0.15, 0.2) is 47.8 Å². The van der Waals surface area contributed by atoms with Crippen molar-refractivity contribution in [2.45, 2.75) is 18.7 Å². The number of benzene rings is 1. The first-order valence-electron chi connectivity index (χ1n) is 6.20. The Labute approximate surface area is 122 Å². The highest BCUT2D eigenvalue weighted by atomic mass is 32.2. The van der Waals surface area contributed by atoms with Gasteiger partial charge in [-0.3, -0.25) is 4.79 Å². The largest absolute Gasteiger partial charge is 0.349 e. The van der Waals surface area contributed by atoms with E-state index >= 15 is 0 Å². The van der Waals surface area contributed by atoms with Crippen LogP contribution < -0.4 is 5.32 Å². The average molecular weight is 291 g/mol. The summed E-state index contributed by atoms with van der Waals surface area (Å²) >= 11 is 3.39. The Bertz CT molecular complexity index is 496. The first-order chi connectivity index (χ1) is 9.25. The van der Waals surface area contributed by atoms with Crippen LogP contribution in [0, 0.1) is 0 Å². The van der Waals surface area contributed by atoms with Crippen LogP contribution in [0.3, 0.4) is 0 Å². The van der Waals surface area contributed by atoms with Gasteiger partial charge in [0.05, 0.1) is 11.8 Å². The van der Waals surface area contributed by atoms with Gasteiger partial charge in [0.2, 0.25) is 5.91 Å². The molecule has 100 valence electrons. The third kappa shape index (κ3) is 4.73. The lowest BCUT2D eigenvalue weighted by Crippen LogP contribution is -2.28. The first-order valence-corrected chi connectivity index (χ1v) is 8.23. The molecule has 1 amide bonds. The quantitative estimate of drug-likeness (QED) is 0.875. The monoisotopic (exact) mass is 291 g/mol. The molecule has 0 unspecified atom stereocenters. The highest BCUT2D eigenvalue weighted by Crippen LogP contribution is 2.17. The van der Waals surface area contributed by atoms with Crippen LogP contribution in [0.5, 0.6) is 0 Å². The van der Waals surface area contributed by atoms with E-state index in [1.807, 2.05) is 43.3 Å². The van der Waals surface area contributed by atoms with Gasteiger partial charge in [-0.15, -0.1) is 23.1 Å². The molecule has 2 aromatic rings. The van der Waals surface area contributed by atoms with E-state index in [4.69, 9.17) is 0 Å². The number of amides is 1. The van der Waals surface area contributed by atoms with E-state index in [1.54, 1.807) is 23.1 Å². The van der Waals surface area contributed by atoms with Gasteiger partial charge in [-0.25, -0.2) is 0 Å². The summed E-state index contributed by atoms with van der Waals surface area (Å²) in [4.78, 5) is 13.1. The Kier molecular flexibility index (Phi) is 5.48. The molecule has 1 aromatic carbocycles. The van der Waals surface area contributed by atoms with E-state index < -0.39 is 0 Å². The second-order valence-corrected chi connectivity index (χ2v) is 6.29. The highest BCUT2D eigenvalue weighted by molar-refractivity contribution is 7.99. The molecule has 0 aliphatic heterocycles. The van der Waals surface area contributed by atoms with Gasteiger partial charge in [-0.2, -0.15) is 0 Å². The number of carbonyl (C=O) groups excluding carboxylic acids is 1. The van der Waals surface area contributed by atoms with Gasteiger partial charge in [0.25, 0.3) is 0 Å². The van der Waals surface area contributed by atoms with Gasteiger partial charge in [0, 0.05) is 10.6 Å². The SMILES string of the molecule is C[C@@H](NC(=O)CSCc1cccs1)c1ccccc1. The smallest absolute Gasteiger partial charge is 0.230 e. The van der Waals surface area contributed by atoms with Crippen molar-refractivity contribution in [2.24, 2.45) is 0 Å². The fraction of sp³-hybridized carbons (Fsp3) is 0.267. The third-order valence-electron chi connectivity index (χ3n) is 2.73. The summed E-state index contributed by atoms with van der Waals surface area (Å²) in [5, 5.41) is 5.08. The Morgan fingerprint density at radius 2 is 2.05 bits per heavy atom. The molecule has 0 aliphatic rings. The topological polar surface area (TPSA) is 29.1 Å². The second-order valence-electron chi connectivity index (χ2n) is 4.27. The predicted octanol–water partition coefficient (Wildman–Crippen LogP) is 3.86. The van der Waals surface area contributed by atoms with Gasteiger partial charge in [0.15, 0.2) is 0 Å². The maximum absolute atomic E-state index is 11.8. The molecular weight excluding hydrogens is 274 g/mol.